The molecule has 0 amide bonds. The average molecular weight is 385 g/mol. The molecular weight excluding hydrogens is 365 g/mol. The van der Waals surface area contributed by atoms with Gasteiger partial charge in [0.05, 0.1) is 24.2 Å². The molecule has 0 atom stereocenters. The summed E-state index contributed by atoms with van der Waals surface area (Å²) in [5, 5.41) is 0. The number of sulfonamides is 1. The molecule has 3 rings (SSSR count). The molecule has 0 aromatic heterocycles. The van der Waals surface area contributed by atoms with Crippen molar-refractivity contribution in [3.8, 4) is 5.75 Å². The quantitative estimate of drug-likeness (QED) is 0.626. The van der Waals surface area contributed by atoms with E-state index in [1.165, 1.54) is 35.7 Å². The van der Waals surface area contributed by atoms with Crippen LogP contribution >= 0.6 is 0 Å². The highest BCUT2D eigenvalue weighted by Crippen LogP contribution is 2.27. The third kappa shape index (κ3) is 4.28. The van der Waals surface area contributed by atoms with Gasteiger partial charge in [-0.25, -0.2) is 12.8 Å². The Labute approximate surface area is 158 Å². The Morgan fingerprint density at radius 1 is 0.889 bits per heavy atom. The monoisotopic (exact) mass is 385 g/mol. The standard InChI is InChI=1S/C21H20FNO3S/c1-16-3-9-19(10-4-16)23(15-17-5-7-18(22)8-6-17)27(24,25)21-13-11-20(26-2)12-14-21/h3-14H,15H2,1-2H3. The van der Waals surface area contributed by atoms with Gasteiger partial charge in [-0.15, -0.1) is 0 Å². The van der Waals surface area contributed by atoms with E-state index in [2.05, 4.69) is 0 Å². The van der Waals surface area contributed by atoms with Gasteiger partial charge in [0.1, 0.15) is 11.6 Å². The zero-order valence-electron chi connectivity index (χ0n) is 15.1. The molecule has 0 saturated heterocycles. The lowest BCUT2D eigenvalue weighted by atomic mass is 10.2. The molecule has 0 bridgehead atoms. The van der Waals surface area contributed by atoms with Gasteiger partial charge in [0.2, 0.25) is 0 Å². The Morgan fingerprint density at radius 3 is 2.04 bits per heavy atom. The summed E-state index contributed by atoms with van der Waals surface area (Å²) in [6, 6.07) is 19.3. The van der Waals surface area contributed by atoms with Crippen molar-refractivity contribution in [1.82, 2.24) is 0 Å². The number of hydrogen-bond acceptors (Lipinski definition) is 3. The lowest BCUT2D eigenvalue weighted by Crippen LogP contribution is -2.30. The van der Waals surface area contributed by atoms with Gasteiger partial charge in [0.15, 0.2) is 0 Å². The first-order valence-electron chi connectivity index (χ1n) is 8.38. The molecular formula is C21H20FNO3S. The van der Waals surface area contributed by atoms with Crippen LogP contribution in [0.2, 0.25) is 0 Å². The van der Waals surface area contributed by atoms with Crippen molar-refractivity contribution < 1.29 is 17.5 Å². The predicted octanol–water partition coefficient (Wildman–Crippen LogP) is 4.54. The Kier molecular flexibility index (Phi) is 5.46. The van der Waals surface area contributed by atoms with Crippen molar-refractivity contribution in [3.05, 3.63) is 89.7 Å². The molecule has 0 aliphatic rings. The Morgan fingerprint density at radius 2 is 1.48 bits per heavy atom. The van der Waals surface area contributed by atoms with E-state index in [4.69, 9.17) is 4.74 Å². The second kappa shape index (κ2) is 7.80. The predicted molar refractivity (Wildman–Crippen MR) is 104 cm³/mol. The molecule has 0 N–H and O–H groups in total. The zero-order valence-corrected chi connectivity index (χ0v) is 15.9. The molecule has 27 heavy (non-hydrogen) atoms. The number of methoxy groups -OCH3 is 1. The van der Waals surface area contributed by atoms with Gasteiger partial charge < -0.3 is 4.74 Å². The van der Waals surface area contributed by atoms with Gasteiger partial charge in [-0.3, -0.25) is 4.31 Å². The maximum absolute atomic E-state index is 13.3. The van der Waals surface area contributed by atoms with Crippen LogP contribution in [0, 0.1) is 12.7 Å². The smallest absolute Gasteiger partial charge is 0.264 e. The molecule has 6 heteroatoms. The minimum Gasteiger partial charge on any atom is -0.497 e. The van der Waals surface area contributed by atoms with Crippen molar-refractivity contribution in [2.45, 2.75) is 18.4 Å². The number of benzene rings is 3. The van der Waals surface area contributed by atoms with Gasteiger partial charge in [-0.2, -0.15) is 0 Å². The minimum absolute atomic E-state index is 0.0949. The molecule has 0 aliphatic carbocycles. The van der Waals surface area contributed by atoms with E-state index in [0.717, 1.165) is 5.56 Å². The fraction of sp³-hybridized carbons (Fsp3) is 0.143. The largest absolute Gasteiger partial charge is 0.497 e. The summed E-state index contributed by atoms with van der Waals surface area (Å²) in [6.07, 6.45) is 0. The average Bonchev–Trinajstić information content (AvgIpc) is 2.68. The van der Waals surface area contributed by atoms with Crippen LogP contribution in [-0.4, -0.2) is 15.5 Å². The number of anilines is 1. The molecule has 140 valence electrons. The van der Waals surface area contributed by atoms with E-state index in [1.54, 1.807) is 36.4 Å². The van der Waals surface area contributed by atoms with Gasteiger partial charge in [0, 0.05) is 0 Å². The molecule has 0 heterocycles. The number of ether oxygens (including phenoxy) is 1. The first-order chi connectivity index (χ1) is 12.9. The SMILES string of the molecule is COc1ccc(S(=O)(=O)N(Cc2ccc(F)cc2)c2ccc(C)cc2)cc1. The van der Waals surface area contributed by atoms with Crippen LogP contribution in [0.5, 0.6) is 5.75 Å². The zero-order chi connectivity index (χ0) is 19.4. The van der Waals surface area contributed by atoms with Crippen molar-refractivity contribution in [2.24, 2.45) is 0 Å². The fourth-order valence-electron chi connectivity index (χ4n) is 2.66. The van der Waals surface area contributed by atoms with E-state index < -0.39 is 10.0 Å². The third-order valence-corrected chi connectivity index (χ3v) is 6.00. The second-order valence-corrected chi connectivity index (χ2v) is 8.01. The Balaban J connectivity index is 2.03. The highest BCUT2D eigenvalue weighted by atomic mass is 32.2. The fourth-order valence-corrected chi connectivity index (χ4v) is 4.11. The molecule has 3 aromatic carbocycles. The number of halogens is 1. The first-order valence-corrected chi connectivity index (χ1v) is 9.82. The van der Waals surface area contributed by atoms with E-state index in [0.29, 0.717) is 17.0 Å². The molecule has 0 spiro atoms. The lowest BCUT2D eigenvalue weighted by molar-refractivity contribution is 0.414. The van der Waals surface area contributed by atoms with Crippen molar-refractivity contribution in [1.29, 1.82) is 0 Å². The third-order valence-electron chi connectivity index (χ3n) is 4.21. The molecule has 0 unspecified atom stereocenters. The first kappa shape index (κ1) is 18.9. The van der Waals surface area contributed by atoms with Crippen LogP contribution in [0.3, 0.4) is 0 Å². The Hall–Kier alpha value is -2.86. The maximum Gasteiger partial charge on any atom is 0.264 e. The summed E-state index contributed by atoms with van der Waals surface area (Å²) < 4.78 is 46.2. The van der Waals surface area contributed by atoms with Crippen molar-refractivity contribution >= 4 is 15.7 Å². The molecule has 4 nitrogen and oxygen atoms in total. The van der Waals surface area contributed by atoms with E-state index in [1.807, 2.05) is 19.1 Å². The number of rotatable bonds is 6. The normalized spacial score (nSPS) is 11.2. The second-order valence-electron chi connectivity index (χ2n) is 6.15. The van der Waals surface area contributed by atoms with Gasteiger partial charge in [-0.1, -0.05) is 29.8 Å². The number of nitrogens with zero attached hydrogens (tertiary/aromatic N) is 1. The molecule has 0 fully saturated rings. The molecule has 0 saturated carbocycles. The van der Waals surface area contributed by atoms with Gasteiger partial charge in [0.25, 0.3) is 10.0 Å². The molecule has 3 aromatic rings. The minimum atomic E-state index is -3.82. The van der Waals surface area contributed by atoms with Gasteiger partial charge in [-0.05, 0) is 61.0 Å². The summed E-state index contributed by atoms with van der Waals surface area (Å²) >= 11 is 0. The topological polar surface area (TPSA) is 46.6 Å². The summed E-state index contributed by atoms with van der Waals surface area (Å²) in [6.45, 7) is 2.03. The highest BCUT2D eigenvalue weighted by molar-refractivity contribution is 7.92. The van der Waals surface area contributed by atoms with Gasteiger partial charge >= 0.3 is 0 Å². The maximum atomic E-state index is 13.3. The lowest BCUT2D eigenvalue weighted by Gasteiger charge is -2.25. The van der Waals surface area contributed by atoms with Crippen LogP contribution in [0.4, 0.5) is 10.1 Å². The van der Waals surface area contributed by atoms with Crippen LogP contribution in [0.25, 0.3) is 0 Å². The molecule has 0 aliphatic heterocycles. The molecule has 0 radical (unpaired) electrons. The highest BCUT2D eigenvalue weighted by Gasteiger charge is 2.25. The number of hydrogen-bond donors (Lipinski definition) is 0. The van der Waals surface area contributed by atoms with Crippen molar-refractivity contribution in [3.63, 3.8) is 0 Å². The van der Waals surface area contributed by atoms with Crippen LogP contribution in [-0.2, 0) is 16.6 Å². The van der Waals surface area contributed by atoms with Crippen molar-refractivity contribution in [2.75, 3.05) is 11.4 Å². The summed E-state index contributed by atoms with van der Waals surface area (Å²) in [7, 11) is -2.29. The van der Waals surface area contributed by atoms with E-state index in [-0.39, 0.29) is 17.3 Å². The number of aryl methyl sites for hydroxylation is 1. The summed E-state index contributed by atoms with van der Waals surface area (Å²) in [5.41, 5.74) is 2.26. The summed E-state index contributed by atoms with van der Waals surface area (Å²) in [4.78, 5) is 0.158. The van der Waals surface area contributed by atoms with Crippen LogP contribution < -0.4 is 9.04 Å². The van der Waals surface area contributed by atoms with Crippen LogP contribution in [0.15, 0.2) is 77.7 Å². The van der Waals surface area contributed by atoms with E-state index >= 15 is 0 Å². The van der Waals surface area contributed by atoms with Crippen LogP contribution in [0.1, 0.15) is 11.1 Å². The van der Waals surface area contributed by atoms with E-state index in [9.17, 15) is 12.8 Å². The Bertz CT molecular complexity index is 999. The summed E-state index contributed by atoms with van der Waals surface area (Å²) in [5.74, 6) is 0.216.